The van der Waals surface area contributed by atoms with E-state index in [2.05, 4.69) is 15.3 Å². The van der Waals surface area contributed by atoms with Crippen molar-refractivity contribution in [2.45, 2.75) is 0 Å². The van der Waals surface area contributed by atoms with Gasteiger partial charge in [-0.3, -0.25) is 9.78 Å². The standard InChI is InChI=1S/C15H11N3O/c19-15(13-7-3-4-10-16-13)18-14-9-8-11-5-1-2-6-12(11)17-14/h1-10H,(H,17,18,19). The van der Waals surface area contributed by atoms with Crippen LogP contribution in [0.15, 0.2) is 60.8 Å². The van der Waals surface area contributed by atoms with E-state index in [4.69, 9.17) is 0 Å². The normalized spacial score (nSPS) is 10.3. The smallest absolute Gasteiger partial charge is 0.275 e. The third kappa shape index (κ3) is 2.42. The monoisotopic (exact) mass is 249 g/mol. The van der Waals surface area contributed by atoms with Crippen LogP contribution in [0.4, 0.5) is 5.82 Å². The van der Waals surface area contributed by atoms with E-state index in [-0.39, 0.29) is 5.91 Å². The van der Waals surface area contributed by atoms with E-state index >= 15 is 0 Å². The molecule has 2 heterocycles. The Labute approximate surface area is 110 Å². The lowest BCUT2D eigenvalue weighted by Crippen LogP contribution is -2.14. The minimum Gasteiger partial charge on any atom is -0.305 e. The van der Waals surface area contributed by atoms with Crippen LogP contribution in [0, 0.1) is 0 Å². The minimum absolute atomic E-state index is 0.261. The van der Waals surface area contributed by atoms with Gasteiger partial charge in [-0.05, 0) is 30.3 Å². The number of pyridine rings is 2. The number of carbonyl (C=O) groups excluding carboxylic acids is 1. The van der Waals surface area contributed by atoms with Crippen molar-refractivity contribution >= 4 is 22.6 Å². The molecule has 0 aliphatic rings. The molecule has 0 atom stereocenters. The predicted molar refractivity (Wildman–Crippen MR) is 73.9 cm³/mol. The maximum Gasteiger partial charge on any atom is 0.275 e. The third-order valence-corrected chi connectivity index (χ3v) is 2.74. The van der Waals surface area contributed by atoms with Crippen LogP contribution in [0.25, 0.3) is 10.9 Å². The van der Waals surface area contributed by atoms with Gasteiger partial charge in [0.05, 0.1) is 5.52 Å². The largest absolute Gasteiger partial charge is 0.305 e. The fourth-order valence-electron chi connectivity index (χ4n) is 1.81. The number of rotatable bonds is 2. The number of aromatic nitrogens is 2. The van der Waals surface area contributed by atoms with Crippen molar-refractivity contribution in [1.29, 1.82) is 0 Å². The number of hydrogen-bond donors (Lipinski definition) is 1. The van der Waals surface area contributed by atoms with Crippen molar-refractivity contribution in [3.8, 4) is 0 Å². The zero-order chi connectivity index (χ0) is 13.1. The first-order valence-corrected chi connectivity index (χ1v) is 5.91. The van der Waals surface area contributed by atoms with Gasteiger partial charge >= 0.3 is 0 Å². The minimum atomic E-state index is -0.261. The number of fused-ring (bicyclic) bond motifs is 1. The van der Waals surface area contributed by atoms with Crippen LogP contribution in [0.3, 0.4) is 0 Å². The Hall–Kier alpha value is -2.75. The summed E-state index contributed by atoms with van der Waals surface area (Å²) in [6, 6.07) is 16.7. The van der Waals surface area contributed by atoms with Crippen molar-refractivity contribution in [2.75, 3.05) is 5.32 Å². The van der Waals surface area contributed by atoms with Gasteiger partial charge in [0.1, 0.15) is 11.5 Å². The van der Waals surface area contributed by atoms with Crippen molar-refractivity contribution in [3.05, 3.63) is 66.5 Å². The Bertz CT molecular complexity index is 726. The van der Waals surface area contributed by atoms with E-state index in [1.54, 1.807) is 30.5 Å². The van der Waals surface area contributed by atoms with Gasteiger partial charge in [0.2, 0.25) is 0 Å². The van der Waals surface area contributed by atoms with Gasteiger partial charge in [0.25, 0.3) is 5.91 Å². The molecule has 3 aromatic rings. The molecule has 0 bridgehead atoms. The number of nitrogens with zero attached hydrogens (tertiary/aromatic N) is 2. The first kappa shape index (κ1) is 11.3. The number of carbonyl (C=O) groups is 1. The molecule has 0 fully saturated rings. The number of amides is 1. The molecule has 19 heavy (non-hydrogen) atoms. The molecule has 0 unspecified atom stereocenters. The number of nitrogens with one attached hydrogen (secondary N) is 1. The van der Waals surface area contributed by atoms with Crippen LogP contribution in [0.2, 0.25) is 0 Å². The van der Waals surface area contributed by atoms with Crippen molar-refractivity contribution in [3.63, 3.8) is 0 Å². The Morgan fingerprint density at radius 2 is 1.79 bits per heavy atom. The molecule has 0 saturated heterocycles. The first-order chi connectivity index (χ1) is 9.33. The maximum atomic E-state index is 11.9. The van der Waals surface area contributed by atoms with E-state index in [0.717, 1.165) is 10.9 Å². The molecule has 0 spiro atoms. The molecule has 1 N–H and O–H groups in total. The average molecular weight is 249 g/mol. The molecule has 1 aromatic carbocycles. The lowest BCUT2D eigenvalue weighted by Gasteiger charge is -2.04. The highest BCUT2D eigenvalue weighted by Gasteiger charge is 2.07. The highest BCUT2D eigenvalue weighted by Crippen LogP contribution is 2.14. The summed E-state index contributed by atoms with van der Waals surface area (Å²) in [4.78, 5) is 20.3. The molecule has 1 amide bonds. The summed E-state index contributed by atoms with van der Waals surface area (Å²) in [6.45, 7) is 0. The van der Waals surface area contributed by atoms with Crippen molar-refractivity contribution in [2.24, 2.45) is 0 Å². The fourth-order valence-corrected chi connectivity index (χ4v) is 1.81. The van der Waals surface area contributed by atoms with E-state index in [1.807, 2.05) is 30.3 Å². The Morgan fingerprint density at radius 1 is 0.947 bits per heavy atom. The van der Waals surface area contributed by atoms with E-state index in [1.165, 1.54) is 0 Å². The van der Waals surface area contributed by atoms with Crippen LogP contribution >= 0.6 is 0 Å². The molecule has 0 radical (unpaired) electrons. The average Bonchev–Trinajstić information content (AvgIpc) is 2.48. The summed E-state index contributed by atoms with van der Waals surface area (Å²) in [5.74, 6) is 0.262. The van der Waals surface area contributed by atoms with Gasteiger partial charge in [-0.2, -0.15) is 0 Å². The highest BCUT2D eigenvalue weighted by atomic mass is 16.1. The number of benzene rings is 1. The van der Waals surface area contributed by atoms with E-state index in [9.17, 15) is 4.79 Å². The molecule has 3 rings (SSSR count). The maximum absolute atomic E-state index is 11.9. The Kier molecular flexibility index (Phi) is 2.90. The molecular weight excluding hydrogens is 238 g/mol. The second-order valence-corrected chi connectivity index (χ2v) is 4.06. The van der Waals surface area contributed by atoms with E-state index < -0.39 is 0 Å². The SMILES string of the molecule is O=C(Nc1ccc2ccccc2n1)c1ccccn1. The van der Waals surface area contributed by atoms with Gasteiger partial charge in [-0.25, -0.2) is 4.98 Å². The molecule has 0 aliphatic carbocycles. The number of para-hydroxylation sites is 1. The van der Waals surface area contributed by atoms with Gasteiger partial charge < -0.3 is 5.32 Å². The summed E-state index contributed by atoms with van der Waals surface area (Å²) >= 11 is 0. The van der Waals surface area contributed by atoms with Gasteiger partial charge in [0.15, 0.2) is 0 Å². The van der Waals surface area contributed by atoms with Crippen LogP contribution in [0.1, 0.15) is 10.5 Å². The molecule has 0 aliphatic heterocycles. The number of anilines is 1. The molecule has 4 heteroatoms. The summed E-state index contributed by atoms with van der Waals surface area (Å²) in [7, 11) is 0. The van der Waals surface area contributed by atoms with Crippen molar-refractivity contribution in [1.82, 2.24) is 9.97 Å². The van der Waals surface area contributed by atoms with Gasteiger partial charge in [-0.15, -0.1) is 0 Å². The fraction of sp³-hybridized carbons (Fsp3) is 0. The quantitative estimate of drug-likeness (QED) is 0.759. The lowest BCUT2D eigenvalue weighted by atomic mass is 10.2. The first-order valence-electron chi connectivity index (χ1n) is 5.91. The molecular formula is C15H11N3O. The lowest BCUT2D eigenvalue weighted by molar-refractivity contribution is 0.102. The van der Waals surface area contributed by atoms with Crippen LogP contribution in [-0.2, 0) is 0 Å². The molecule has 92 valence electrons. The summed E-state index contributed by atoms with van der Waals surface area (Å²) in [5, 5.41) is 3.78. The van der Waals surface area contributed by atoms with Crippen LogP contribution < -0.4 is 5.32 Å². The second-order valence-electron chi connectivity index (χ2n) is 4.06. The number of hydrogen-bond acceptors (Lipinski definition) is 3. The molecule has 0 saturated carbocycles. The summed E-state index contributed by atoms with van der Waals surface area (Å²) < 4.78 is 0. The predicted octanol–water partition coefficient (Wildman–Crippen LogP) is 2.88. The summed E-state index contributed by atoms with van der Waals surface area (Å²) in [5.41, 5.74) is 1.22. The van der Waals surface area contributed by atoms with Gasteiger partial charge in [0, 0.05) is 11.6 Å². The van der Waals surface area contributed by atoms with E-state index in [0.29, 0.717) is 11.5 Å². The summed E-state index contributed by atoms with van der Waals surface area (Å²) in [6.07, 6.45) is 1.59. The van der Waals surface area contributed by atoms with Crippen LogP contribution in [0.5, 0.6) is 0 Å². The zero-order valence-corrected chi connectivity index (χ0v) is 10.1. The van der Waals surface area contributed by atoms with Gasteiger partial charge in [-0.1, -0.05) is 24.3 Å². The van der Waals surface area contributed by atoms with Crippen LogP contribution in [-0.4, -0.2) is 15.9 Å². The third-order valence-electron chi connectivity index (χ3n) is 2.74. The second kappa shape index (κ2) is 4.86. The zero-order valence-electron chi connectivity index (χ0n) is 10.1. The highest BCUT2D eigenvalue weighted by molar-refractivity contribution is 6.02. The molecule has 4 nitrogen and oxygen atoms in total. The van der Waals surface area contributed by atoms with Crippen molar-refractivity contribution < 1.29 is 4.79 Å². The Balaban J connectivity index is 1.87. The topological polar surface area (TPSA) is 54.9 Å². The Morgan fingerprint density at radius 3 is 2.63 bits per heavy atom. The molecule has 2 aromatic heterocycles.